The molecule has 29 heavy (non-hydrogen) atoms. The highest BCUT2D eigenvalue weighted by atomic mass is 32.2. The van der Waals surface area contributed by atoms with Crippen molar-refractivity contribution < 1.29 is 13.9 Å². The highest BCUT2D eigenvalue weighted by molar-refractivity contribution is 8.00. The molecule has 0 radical (unpaired) electrons. The van der Waals surface area contributed by atoms with Crippen molar-refractivity contribution >= 4 is 45.3 Å². The van der Waals surface area contributed by atoms with Crippen molar-refractivity contribution in [2.24, 2.45) is 0 Å². The first-order chi connectivity index (χ1) is 14.0. The maximum atomic E-state index is 12.8. The smallest absolute Gasteiger partial charge is 0.237 e. The number of nitrogens with one attached hydrogen (secondary N) is 1. The number of para-hydroxylation sites is 1. The van der Waals surface area contributed by atoms with Crippen molar-refractivity contribution in [2.75, 3.05) is 12.4 Å². The fraction of sp³-hybridized carbons (Fsp3) is 0.286. The van der Waals surface area contributed by atoms with Crippen LogP contribution >= 0.6 is 11.8 Å². The van der Waals surface area contributed by atoms with Crippen LogP contribution in [0, 0.1) is 0 Å². The third-order valence-corrected chi connectivity index (χ3v) is 5.78. The topological polar surface area (TPSA) is 82.2 Å². The van der Waals surface area contributed by atoms with E-state index in [1.165, 1.54) is 11.8 Å². The molecular weight excluding hydrogens is 388 g/mol. The van der Waals surface area contributed by atoms with Gasteiger partial charge in [-0.2, -0.15) is 0 Å². The normalized spacial score (nSPS) is 12.6. The predicted octanol–water partition coefficient (Wildman–Crippen LogP) is 4.89. The van der Waals surface area contributed by atoms with Gasteiger partial charge in [0.2, 0.25) is 5.91 Å². The first kappa shape index (κ1) is 19.3. The first-order valence-electron chi connectivity index (χ1n) is 9.34. The lowest BCUT2D eigenvalue weighted by Gasteiger charge is -2.15. The summed E-state index contributed by atoms with van der Waals surface area (Å²) >= 11 is 1.37. The van der Waals surface area contributed by atoms with Gasteiger partial charge in [-0.3, -0.25) is 4.79 Å². The summed E-state index contributed by atoms with van der Waals surface area (Å²) < 4.78 is 13.4. The average Bonchev–Trinajstić information content (AvgIpc) is 3.31. The van der Waals surface area contributed by atoms with E-state index >= 15 is 0 Å². The van der Waals surface area contributed by atoms with E-state index in [9.17, 15) is 4.79 Å². The highest BCUT2D eigenvalue weighted by Crippen LogP contribution is 2.36. The lowest BCUT2D eigenvalue weighted by atomic mass is 10.1. The lowest BCUT2D eigenvalue weighted by Crippen LogP contribution is -2.23. The van der Waals surface area contributed by atoms with E-state index in [2.05, 4.69) is 15.5 Å². The zero-order chi connectivity index (χ0) is 20.5. The van der Waals surface area contributed by atoms with Crippen molar-refractivity contribution in [3.63, 3.8) is 0 Å². The second-order valence-electron chi connectivity index (χ2n) is 7.01. The number of carbonyl (C=O) groups is 1. The number of carbonyl (C=O) groups excluding carboxylic acids is 1. The summed E-state index contributed by atoms with van der Waals surface area (Å²) in [5, 5.41) is 13.3. The average molecular weight is 410 g/mol. The number of benzene rings is 2. The molecule has 4 rings (SSSR count). The molecule has 2 heterocycles. The van der Waals surface area contributed by atoms with Gasteiger partial charge in [-0.1, -0.05) is 30.0 Å². The Kier molecular flexibility index (Phi) is 5.19. The summed E-state index contributed by atoms with van der Waals surface area (Å²) in [6.07, 6.45) is 1.68. The number of amides is 1. The third-order valence-electron chi connectivity index (χ3n) is 4.70. The van der Waals surface area contributed by atoms with Crippen molar-refractivity contribution in [1.82, 2.24) is 14.8 Å². The van der Waals surface area contributed by atoms with E-state index in [4.69, 9.17) is 9.15 Å². The number of fused-ring (bicyclic) bond motifs is 3. The zero-order valence-corrected chi connectivity index (χ0v) is 17.5. The fourth-order valence-electron chi connectivity index (χ4n) is 3.13. The number of hydrogen-bond acceptors (Lipinski definition) is 6. The Hall–Kier alpha value is -3.00. The zero-order valence-electron chi connectivity index (χ0n) is 16.7. The van der Waals surface area contributed by atoms with E-state index in [0.29, 0.717) is 22.2 Å². The monoisotopic (exact) mass is 410 g/mol. The van der Waals surface area contributed by atoms with Crippen LogP contribution in [0.2, 0.25) is 0 Å². The van der Waals surface area contributed by atoms with Crippen molar-refractivity contribution in [1.29, 1.82) is 0 Å². The van der Waals surface area contributed by atoms with Crippen LogP contribution in [0.1, 0.15) is 26.8 Å². The first-order valence-corrected chi connectivity index (χ1v) is 10.2. The molecule has 1 unspecified atom stereocenters. The van der Waals surface area contributed by atoms with Crippen LogP contribution < -0.4 is 10.1 Å². The number of rotatable bonds is 6. The van der Waals surface area contributed by atoms with Crippen molar-refractivity contribution in [3.8, 4) is 5.75 Å². The fourth-order valence-corrected chi connectivity index (χ4v) is 4.09. The Morgan fingerprint density at radius 2 is 1.97 bits per heavy atom. The number of furan rings is 1. The minimum absolute atomic E-state index is 0.151. The molecule has 0 aliphatic carbocycles. The molecule has 7 nitrogen and oxygen atoms in total. The summed E-state index contributed by atoms with van der Waals surface area (Å²) in [4.78, 5) is 12.8. The molecule has 2 aromatic carbocycles. The lowest BCUT2D eigenvalue weighted by molar-refractivity contribution is -0.115. The molecule has 4 aromatic rings. The van der Waals surface area contributed by atoms with Gasteiger partial charge in [-0.15, -0.1) is 10.2 Å². The van der Waals surface area contributed by atoms with Gasteiger partial charge in [-0.05, 0) is 32.9 Å². The van der Waals surface area contributed by atoms with Crippen LogP contribution in [-0.4, -0.2) is 33.0 Å². The number of aromatic nitrogens is 3. The number of ether oxygens (including phenoxy) is 1. The highest BCUT2D eigenvalue weighted by Gasteiger charge is 2.21. The van der Waals surface area contributed by atoms with E-state index in [-0.39, 0.29) is 17.2 Å². The largest absolute Gasteiger partial charge is 0.495 e. The SMILES string of the molecule is COc1cc2c(cc1NC(=O)C(C)Sc1nncn1C(C)C)oc1ccccc12. The molecule has 1 atom stereocenters. The summed E-state index contributed by atoms with van der Waals surface area (Å²) in [5.74, 6) is 0.432. The number of methoxy groups -OCH3 is 1. The summed E-state index contributed by atoms with van der Waals surface area (Å²) in [7, 11) is 1.59. The summed E-state index contributed by atoms with van der Waals surface area (Å²) in [6, 6.07) is 11.7. The Balaban J connectivity index is 1.60. The predicted molar refractivity (Wildman–Crippen MR) is 115 cm³/mol. The molecule has 8 heteroatoms. The molecule has 0 saturated heterocycles. The Morgan fingerprint density at radius 3 is 2.72 bits per heavy atom. The number of thioether (sulfide) groups is 1. The Morgan fingerprint density at radius 1 is 1.17 bits per heavy atom. The summed E-state index contributed by atoms with van der Waals surface area (Å²) in [6.45, 7) is 5.93. The second-order valence-corrected chi connectivity index (χ2v) is 8.32. The molecule has 0 fully saturated rings. The van der Waals surface area contributed by atoms with Gasteiger partial charge in [0, 0.05) is 22.9 Å². The van der Waals surface area contributed by atoms with Crippen LogP contribution in [0.25, 0.3) is 21.9 Å². The van der Waals surface area contributed by atoms with Crippen LogP contribution in [0.4, 0.5) is 5.69 Å². The number of hydrogen-bond donors (Lipinski definition) is 1. The van der Waals surface area contributed by atoms with Gasteiger partial charge in [0.05, 0.1) is 18.0 Å². The Labute approximate surface area is 172 Å². The molecule has 1 N–H and O–H groups in total. The Bertz CT molecular complexity index is 1180. The van der Waals surface area contributed by atoms with Crippen LogP contribution in [0.3, 0.4) is 0 Å². The van der Waals surface area contributed by atoms with Crippen molar-refractivity contribution in [3.05, 3.63) is 42.7 Å². The maximum Gasteiger partial charge on any atom is 0.237 e. The molecule has 0 saturated carbocycles. The van der Waals surface area contributed by atoms with Crippen LogP contribution in [0.5, 0.6) is 5.75 Å². The van der Waals surface area contributed by atoms with E-state index < -0.39 is 0 Å². The van der Waals surface area contributed by atoms with E-state index in [1.807, 2.05) is 55.7 Å². The van der Waals surface area contributed by atoms with Crippen LogP contribution in [0.15, 0.2) is 52.3 Å². The molecule has 2 aromatic heterocycles. The molecule has 0 bridgehead atoms. The van der Waals surface area contributed by atoms with Crippen molar-refractivity contribution in [2.45, 2.75) is 37.2 Å². The van der Waals surface area contributed by atoms with Gasteiger partial charge >= 0.3 is 0 Å². The van der Waals surface area contributed by atoms with Gasteiger partial charge < -0.3 is 19.0 Å². The molecular formula is C21H22N4O3S. The van der Waals surface area contributed by atoms with E-state index in [0.717, 1.165) is 16.4 Å². The molecule has 0 spiro atoms. The number of nitrogens with zero attached hydrogens (tertiary/aromatic N) is 3. The second kappa shape index (κ2) is 7.79. The molecule has 1 amide bonds. The van der Waals surface area contributed by atoms with Gasteiger partial charge in [-0.25, -0.2) is 0 Å². The quantitative estimate of drug-likeness (QED) is 0.456. The van der Waals surface area contributed by atoms with E-state index in [1.54, 1.807) is 19.5 Å². The molecule has 0 aliphatic heterocycles. The molecule has 150 valence electrons. The van der Waals surface area contributed by atoms with Gasteiger partial charge in [0.15, 0.2) is 5.16 Å². The molecule has 0 aliphatic rings. The minimum Gasteiger partial charge on any atom is -0.495 e. The van der Waals surface area contributed by atoms with Crippen LogP contribution in [-0.2, 0) is 4.79 Å². The number of anilines is 1. The summed E-state index contributed by atoms with van der Waals surface area (Å²) in [5.41, 5.74) is 2.06. The van der Waals surface area contributed by atoms with Gasteiger partial charge in [0.1, 0.15) is 23.2 Å². The third kappa shape index (κ3) is 3.67. The standard InChI is InChI=1S/C21H22N4O3S/c1-12(2)25-11-22-24-21(25)29-13(3)20(26)23-16-10-18-15(9-19(16)27-4)14-7-5-6-8-17(14)28-18/h5-13H,1-4H3,(H,23,26). The maximum absolute atomic E-state index is 12.8. The van der Waals surface area contributed by atoms with Gasteiger partial charge in [0.25, 0.3) is 0 Å². The minimum atomic E-state index is -0.368.